The highest BCUT2D eigenvalue weighted by molar-refractivity contribution is 5.85. The molecule has 0 bridgehead atoms. The second-order valence-electron chi connectivity index (χ2n) is 7.03. The fraction of sp³-hybridized carbons (Fsp3) is 0.632. The Morgan fingerprint density at radius 2 is 1.74 bits per heavy atom. The fourth-order valence-corrected chi connectivity index (χ4v) is 3.58. The van der Waals surface area contributed by atoms with Crippen LogP contribution in [0.15, 0.2) is 30.3 Å². The summed E-state index contributed by atoms with van der Waals surface area (Å²) in [4.78, 5) is 12.6. The summed E-state index contributed by atoms with van der Waals surface area (Å²) in [6, 6.07) is 9.95. The second kappa shape index (κ2) is 9.29. The van der Waals surface area contributed by atoms with E-state index in [9.17, 15) is 4.79 Å². The van der Waals surface area contributed by atoms with Gasteiger partial charge in [0.15, 0.2) is 0 Å². The third-order valence-electron chi connectivity index (χ3n) is 5.14. The maximum atomic E-state index is 12.6. The molecule has 23 heavy (non-hydrogen) atoms. The lowest BCUT2D eigenvalue weighted by Gasteiger charge is -2.36. The van der Waals surface area contributed by atoms with Gasteiger partial charge >= 0.3 is 0 Å². The van der Waals surface area contributed by atoms with Crippen molar-refractivity contribution in [2.24, 2.45) is 23.5 Å². The molecule has 1 aliphatic carbocycles. The fourth-order valence-electron chi connectivity index (χ4n) is 3.58. The van der Waals surface area contributed by atoms with Gasteiger partial charge in [0.1, 0.15) is 0 Å². The van der Waals surface area contributed by atoms with E-state index in [4.69, 9.17) is 5.73 Å². The van der Waals surface area contributed by atoms with Crippen molar-refractivity contribution in [2.75, 3.05) is 0 Å². The number of hydrogen-bond donors (Lipinski definition) is 2. The molecule has 1 aromatic rings. The molecule has 4 heteroatoms. The maximum Gasteiger partial charge on any atom is 0.224 e. The van der Waals surface area contributed by atoms with Gasteiger partial charge in [0.2, 0.25) is 5.91 Å². The first-order chi connectivity index (χ1) is 10.5. The molecule has 0 aromatic heterocycles. The molecule has 3 N–H and O–H groups in total. The van der Waals surface area contributed by atoms with Gasteiger partial charge in [0.05, 0.1) is 5.92 Å². The summed E-state index contributed by atoms with van der Waals surface area (Å²) in [5, 5.41) is 3.28. The molecule has 1 aromatic carbocycles. The van der Waals surface area contributed by atoms with Gasteiger partial charge in [0, 0.05) is 12.1 Å². The van der Waals surface area contributed by atoms with Crippen LogP contribution in [0.3, 0.4) is 0 Å². The minimum absolute atomic E-state index is 0. The van der Waals surface area contributed by atoms with Gasteiger partial charge in [-0.05, 0) is 30.2 Å². The Morgan fingerprint density at radius 3 is 2.35 bits per heavy atom. The van der Waals surface area contributed by atoms with Crippen LogP contribution in [0, 0.1) is 17.8 Å². The smallest absolute Gasteiger partial charge is 0.224 e. The van der Waals surface area contributed by atoms with Crippen LogP contribution in [0.4, 0.5) is 0 Å². The van der Waals surface area contributed by atoms with Crippen LogP contribution in [-0.4, -0.2) is 11.9 Å². The van der Waals surface area contributed by atoms with Crippen molar-refractivity contribution in [1.29, 1.82) is 0 Å². The first-order valence-electron chi connectivity index (χ1n) is 8.61. The Hall–Kier alpha value is -1.06. The minimum atomic E-state index is -0.248. The molecule has 3 nitrogen and oxygen atoms in total. The second-order valence-corrected chi connectivity index (χ2v) is 7.03. The molecule has 4 atom stereocenters. The summed E-state index contributed by atoms with van der Waals surface area (Å²) < 4.78 is 0. The summed E-state index contributed by atoms with van der Waals surface area (Å²) in [5.74, 6) is 1.09. The van der Waals surface area contributed by atoms with Crippen LogP contribution in [-0.2, 0) is 4.79 Å². The number of halogens is 1. The summed E-state index contributed by atoms with van der Waals surface area (Å²) >= 11 is 0. The summed E-state index contributed by atoms with van der Waals surface area (Å²) in [6.45, 7) is 6.45. The zero-order valence-electron chi connectivity index (χ0n) is 14.5. The largest absolute Gasteiger partial charge is 0.353 e. The molecule has 0 aliphatic heterocycles. The molecule has 4 unspecified atom stereocenters. The highest BCUT2D eigenvalue weighted by atomic mass is 35.5. The average Bonchev–Trinajstić information content (AvgIpc) is 2.54. The van der Waals surface area contributed by atoms with Gasteiger partial charge in [-0.1, -0.05) is 63.9 Å². The Balaban J connectivity index is 0.00000264. The lowest BCUT2D eigenvalue weighted by atomic mass is 9.77. The van der Waals surface area contributed by atoms with Crippen LogP contribution in [0.5, 0.6) is 0 Å². The summed E-state index contributed by atoms with van der Waals surface area (Å²) in [5.41, 5.74) is 7.30. The lowest BCUT2D eigenvalue weighted by Crippen LogP contribution is -2.47. The Kier molecular flexibility index (Phi) is 8.07. The van der Waals surface area contributed by atoms with Crippen molar-refractivity contribution in [3.8, 4) is 0 Å². The SMILES string of the molecule is CC(C)C1CCCCC1NC(=O)C(C)C(N)c1ccccc1.Cl. The van der Waals surface area contributed by atoms with Crippen molar-refractivity contribution >= 4 is 18.3 Å². The normalized spacial score (nSPS) is 23.7. The van der Waals surface area contributed by atoms with Crippen molar-refractivity contribution in [1.82, 2.24) is 5.32 Å². The third-order valence-corrected chi connectivity index (χ3v) is 5.14. The molecule has 2 rings (SSSR count). The molecule has 1 saturated carbocycles. The Bertz CT molecular complexity index is 478. The van der Waals surface area contributed by atoms with Crippen LogP contribution in [0.25, 0.3) is 0 Å². The number of nitrogens with one attached hydrogen (secondary N) is 1. The van der Waals surface area contributed by atoms with Crippen LogP contribution in [0.2, 0.25) is 0 Å². The maximum absolute atomic E-state index is 12.6. The van der Waals surface area contributed by atoms with E-state index in [1.54, 1.807) is 0 Å². The van der Waals surface area contributed by atoms with Gasteiger partial charge in [-0.2, -0.15) is 0 Å². The van der Waals surface area contributed by atoms with Gasteiger partial charge in [-0.3, -0.25) is 4.79 Å². The van der Waals surface area contributed by atoms with Crippen LogP contribution < -0.4 is 11.1 Å². The molecule has 0 spiro atoms. The lowest BCUT2D eigenvalue weighted by molar-refractivity contribution is -0.126. The van der Waals surface area contributed by atoms with E-state index in [0.29, 0.717) is 17.9 Å². The van der Waals surface area contributed by atoms with Gasteiger partial charge < -0.3 is 11.1 Å². The number of benzene rings is 1. The highest BCUT2D eigenvalue weighted by Gasteiger charge is 2.31. The molecule has 0 saturated heterocycles. The van der Waals surface area contributed by atoms with E-state index in [0.717, 1.165) is 12.0 Å². The van der Waals surface area contributed by atoms with Crippen LogP contribution >= 0.6 is 12.4 Å². The van der Waals surface area contributed by atoms with Crippen molar-refractivity contribution in [2.45, 2.75) is 58.5 Å². The zero-order chi connectivity index (χ0) is 16.1. The molecular weight excluding hydrogens is 308 g/mol. The standard InChI is InChI=1S/C19H30N2O.ClH/c1-13(2)16-11-7-8-12-17(16)21-19(22)14(3)18(20)15-9-5-4-6-10-15;/h4-6,9-10,13-14,16-18H,7-8,11-12,20H2,1-3H3,(H,21,22);1H. The number of nitrogens with two attached hydrogens (primary N) is 1. The predicted molar refractivity (Wildman–Crippen MR) is 98.5 cm³/mol. The topological polar surface area (TPSA) is 55.1 Å². The van der Waals surface area contributed by atoms with Gasteiger partial charge in [-0.15, -0.1) is 12.4 Å². The van der Waals surface area contributed by atoms with Crippen molar-refractivity contribution in [3.63, 3.8) is 0 Å². The molecule has 1 aliphatic rings. The quantitative estimate of drug-likeness (QED) is 0.850. The van der Waals surface area contributed by atoms with E-state index in [2.05, 4.69) is 19.2 Å². The first-order valence-corrected chi connectivity index (χ1v) is 8.61. The molecule has 0 heterocycles. The average molecular weight is 339 g/mol. The van der Waals surface area contributed by atoms with Crippen LogP contribution in [0.1, 0.15) is 58.1 Å². The molecular formula is C19H31ClN2O. The van der Waals surface area contributed by atoms with E-state index in [1.807, 2.05) is 37.3 Å². The predicted octanol–water partition coefficient (Wildman–Crippen LogP) is 4.08. The number of amides is 1. The minimum Gasteiger partial charge on any atom is -0.353 e. The van der Waals surface area contributed by atoms with Crippen molar-refractivity contribution in [3.05, 3.63) is 35.9 Å². The molecule has 130 valence electrons. The van der Waals surface area contributed by atoms with E-state index >= 15 is 0 Å². The van der Waals surface area contributed by atoms with Crippen molar-refractivity contribution < 1.29 is 4.79 Å². The van der Waals surface area contributed by atoms with E-state index in [-0.39, 0.29) is 30.3 Å². The Morgan fingerprint density at radius 1 is 1.13 bits per heavy atom. The van der Waals surface area contributed by atoms with Gasteiger partial charge in [-0.25, -0.2) is 0 Å². The monoisotopic (exact) mass is 338 g/mol. The number of rotatable bonds is 5. The summed E-state index contributed by atoms with van der Waals surface area (Å²) in [6.07, 6.45) is 4.82. The molecule has 1 fully saturated rings. The number of carbonyl (C=O) groups is 1. The van der Waals surface area contributed by atoms with E-state index in [1.165, 1.54) is 19.3 Å². The highest BCUT2D eigenvalue weighted by Crippen LogP contribution is 2.30. The number of carbonyl (C=O) groups excluding carboxylic acids is 1. The summed E-state index contributed by atoms with van der Waals surface area (Å²) in [7, 11) is 0. The van der Waals surface area contributed by atoms with Gasteiger partial charge in [0.25, 0.3) is 0 Å². The third kappa shape index (κ3) is 5.22. The molecule has 1 amide bonds. The van der Waals surface area contributed by atoms with E-state index < -0.39 is 0 Å². The first kappa shape index (κ1) is 20.0. The number of hydrogen-bond acceptors (Lipinski definition) is 2. The Labute approximate surface area is 146 Å². The molecule has 0 radical (unpaired) electrons. The zero-order valence-corrected chi connectivity index (χ0v) is 15.3.